The number of hydrogen-bond acceptors (Lipinski definition) is 3. The number of hydrogen-bond donors (Lipinski definition) is 1. The fourth-order valence-corrected chi connectivity index (χ4v) is 9.16. The largest absolute Gasteiger partial charge is 0.456 e. The van der Waals surface area contributed by atoms with Crippen molar-refractivity contribution in [1.82, 2.24) is 4.98 Å². The van der Waals surface area contributed by atoms with E-state index in [1.165, 1.54) is 42.1 Å². The number of para-hydroxylation sites is 2. The van der Waals surface area contributed by atoms with Gasteiger partial charge in [-0.05, 0) is 77.4 Å². The van der Waals surface area contributed by atoms with Gasteiger partial charge in [-0.2, -0.15) is 0 Å². The molecule has 1 N–H and O–H groups in total. The molecular formula is C48H30N2OS. The van der Waals surface area contributed by atoms with E-state index in [-0.39, 0.29) is 0 Å². The molecule has 0 radical (unpaired) electrons. The summed E-state index contributed by atoms with van der Waals surface area (Å²) in [7, 11) is 0. The van der Waals surface area contributed by atoms with E-state index in [1.54, 1.807) is 0 Å². The molecule has 11 rings (SSSR count). The Morgan fingerprint density at radius 1 is 0.442 bits per heavy atom. The van der Waals surface area contributed by atoms with Gasteiger partial charge in [0.2, 0.25) is 0 Å². The number of benzene rings is 8. The molecule has 0 aliphatic rings. The van der Waals surface area contributed by atoms with E-state index in [0.29, 0.717) is 0 Å². The molecule has 0 atom stereocenters. The van der Waals surface area contributed by atoms with E-state index < -0.39 is 0 Å². The van der Waals surface area contributed by atoms with Crippen molar-refractivity contribution in [2.24, 2.45) is 0 Å². The van der Waals surface area contributed by atoms with Crippen molar-refractivity contribution < 1.29 is 4.42 Å². The molecule has 0 saturated carbocycles. The average molecular weight is 683 g/mol. The zero-order chi connectivity index (χ0) is 34.2. The summed E-state index contributed by atoms with van der Waals surface area (Å²) in [6, 6.07) is 63.2. The molecule has 3 aromatic heterocycles. The smallest absolute Gasteiger partial charge is 0.136 e. The highest BCUT2D eigenvalue weighted by Gasteiger charge is 2.22. The van der Waals surface area contributed by atoms with Crippen molar-refractivity contribution in [2.45, 2.75) is 0 Å². The van der Waals surface area contributed by atoms with E-state index in [1.807, 2.05) is 23.5 Å². The topological polar surface area (TPSA) is 32.2 Å². The van der Waals surface area contributed by atoms with Gasteiger partial charge in [0.25, 0.3) is 0 Å². The fourth-order valence-electron chi connectivity index (χ4n) is 8.07. The lowest BCUT2D eigenvalue weighted by molar-refractivity contribution is 0.669. The Morgan fingerprint density at radius 3 is 2.02 bits per heavy atom. The highest BCUT2D eigenvalue weighted by atomic mass is 32.1. The number of thiophene rings is 1. The number of aromatic amines is 1. The number of aromatic nitrogens is 1. The maximum Gasteiger partial charge on any atom is 0.136 e. The van der Waals surface area contributed by atoms with Gasteiger partial charge in [0.05, 0.1) is 11.2 Å². The van der Waals surface area contributed by atoms with E-state index >= 15 is 0 Å². The number of furan rings is 1. The number of nitrogens with one attached hydrogen (secondary N) is 1. The van der Waals surface area contributed by atoms with Crippen molar-refractivity contribution in [3.05, 3.63) is 176 Å². The summed E-state index contributed by atoms with van der Waals surface area (Å²) < 4.78 is 8.84. The predicted molar refractivity (Wildman–Crippen MR) is 222 cm³/mol. The molecule has 52 heavy (non-hydrogen) atoms. The minimum Gasteiger partial charge on any atom is -0.456 e. The number of nitrogens with zero attached hydrogens (tertiary/aromatic N) is 1. The second-order valence-electron chi connectivity index (χ2n) is 13.4. The first-order valence-corrected chi connectivity index (χ1v) is 18.4. The lowest BCUT2D eigenvalue weighted by Crippen LogP contribution is -2.10. The van der Waals surface area contributed by atoms with Crippen LogP contribution in [0.1, 0.15) is 0 Å². The number of H-pyrrole nitrogens is 1. The number of rotatable bonds is 5. The maximum atomic E-state index is 6.25. The lowest BCUT2D eigenvalue weighted by Gasteiger charge is -2.27. The molecule has 0 amide bonds. The van der Waals surface area contributed by atoms with Crippen molar-refractivity contribution in [2.75, 3.05) is 4.90 Å². The number of anilines is 3. The van der Waals surface area contributed by atoms with Crippen LogP contribution in [0.4, 0.5) is 17.1 Å². The average Bonchev–Trinajstić information content (AvgIpc) is 3.90. The summed E-state index contributed by atoms with van der Waals surface area (Å²) in [5.74, 6) is 0. The second-order valence-corrected chi connectivity index (χ2v) is 14.4. The Balaban J connectivity index is 1.16. The van der Waals surface area contributed by atoms with Gasteiger partial charge in [-0.3, -0.25) is 0 Å². The van der Waals surface area contributed by atoms with E-state index in [9.17, 15) is 0 Å². The molecule has 244 valence electrons. The van der Waals surface area contributed by atoms with Crippen molar-refractivity contribution >= 4 is 92.3 Å². The first kappa shape index (κ1) is 29.1. The molecule has 4 heteroatoms. The zero-order valence-corrected chi connectivity index (χ0v) is 28.8. The van der Waals surface area contributed by atoms with E-state index in [0.717, 1.165) is 61.2 Å². The Bertz CT molecular complexity index is 3130. The minimum atomic E-state index is 0.904. The summed E-state index contributed by atoms with van der Waals surface area (Å²) in [5, 5.41) is 7.24. The van der Waals surface area contributed by atoms with Crippen LogP contribution in [0.3, 0.4) is 0 Å². The molecule has 0 bridgehead atoms. The van der Waals surface area contributed by atoms with Crippen molar-refractivity contribution in [3.63, 3.8) is 0 Å². The van der Waals surface area contributed by atoms with Crippen molar-refractivity contribution in [1.29, 1.82) is 0 Å². The first-order valence-electron chi connectivity index (χ1n) is 17.6. The predicted octanol–water partition coefficient (Wildman–Crippen LogP) is 14.4. The Kier molecular flexibility index (Phi) is 6.42. The molecule has 11 aromatic rings. The zero-order valence-electron chi connectivity index (χ0n) is 28.0. The Morgan fingerprint density at radius 2 is 1.13 bits per heavy atom. The van der Waals surface area contributed by atoms with Crippen LogP contribution >= 0.6 is 11.3 Å². The monoisotopic (exact) mass is 682 g/mol. The lowest BCUT2D eigenvalue weighted by atomic mass is 9.98. The third-order valence-corrected chi connectivity index (χ3v) is 11.6. The van der Waals surface area contributed by atoms with Crippen LogP contribution in [0.5, 0.6) is 0 Å². The third-order valence-electron chi connectivity index (χ3n) is 10.4. The highest BCUT2D eigenvalue weighted by Crippen LogP contribution is 2.47. The minimum absolute atomic E-state index is 0.904. The van der Waals surface area contributed by atoms with Crippen molar-refractivity contribution in [3.8, 4) is 22.3 Å². The van der Waals surface area contributed by atoms with Gasteiger partial charge in [0.1, 0.15) is 11.2 Å². The van der Waals surface area contributed by atoms with Gasteiger partial charge in [-0.1, -0.05) is 115 Å². The summed E-state index contributed by atoms with van der Waals surface area (Å²) in [5.41, 5.74) is 12.1. The molecular weight excluding hydrogens is 653 g/mol. The molecule has 3 nitrogen and oxygen atoms in total. The summed E-state index contributed by atoms with van der Waals surface area (Å²) in [4.78, 5) is 6.25. The molecule has 0 aliphatic carbocycles. The number of fused-ring (bicyclic) bond motifs is 9. The summed E-state index contributed by atoms with van der Waals surface area (Å²) in [6.45, 7) is 0. The van der Waals surface area contributed by atoms with E-state index in [4.69, 9.17) is 4.42 Å². The summed E-state index contributed by atoms with van der Waals surface area (Å²) >= 11 is 1.85. The molecule has 0 fully saturated rings. The van der Waals surface area contributed by atoms with Gasteiger partial charge in [-0.15, -0.1) is 11.3 Å². The quantitative estimate of drug-likeness (QED) is 0.196. The molecule has 0 unspecified atom stereocenters. The van der Waals surface area contributed by atoms with Crippen LogP contribution in [0, 0.1) is 0 Å². The maximum absolute atomic E-state index is 6.25. The molecule has 0 aliphatic heterocycles. The standard InChI is InChI=1S/C48H30N2OS/c1-2-11-30(12-3-1)35-26-27-41(47-37-14-4-7-17-40(37)49-48(35)47)50(33-25-28-45-39(29-33)36-13-6-9-20-44(36)52-45)32-23-21-31(22-24-32)34-16-10-19-43-46(34)38-15-5-8-18-42(38)51-43/h1-29,49H. The molecule has 0 saturated heterocycles. The Labute approximate surface area is 303 Å². The van der Waals surface area contributed by atoms with Gasteiger partial charge in [-0.25, -0.2) is 0 Å². The van der Waals surface area contributed by atoms with Crippen LogP contribution in [-0.4, -0.2) is 4.98 Å². The SMILES string of the molecule is c1ccc(-c2ccc(N(c3ccc(-c4cccc5oc6ccccc6c45)cc3)c3ccc4sc5ccccc5c4c3)c3c2[nH]c2ccccc23)cc1. The molecule has 3 heterocycles. The van der Waals surface area contributed by atoms with Gasteiger partial charge in [0.15, 0.2) is 0 Å². The first-order chi connectivity index (χ1) is 25.8. The van der Waals surface area contributed by atoms with Gasteiger partial charge in [0, 0.05) is 64.2 Å². The molecule has 8 aromatic carbocycles. The molecule has 0 spiro atoms. The third kappa shape index (κ3) is 4.45. The van der Waals surface area contributed by atoms with Gasteiger partial charge < -0.3 is 14.3 Å². The van der Waals surface area contributed by atoms with Crippen LogP contribution < -0.4 is 4.90 Å². The van der Waals surface area contributed by atoms with E-state index in [2.05, 4.69) is 174 Å². The second kappa shape index (κ2) is 11.5. The van der Waals surface area contributed by atoms with Gasteiger partial charge >= 0.3 is 0 Å². The fraction of sp³-hybridized carbons (Fsp3) is 0. The van der Waals surface area contributed by atoms with Crippen LogP contribution in [0.2, 0.25) is 0 Å². The Hall–Kier alpha value is -6.62. The highest BCUT2D eigenvalue weighted by molar-refractivity contribution is 7.25. The van der Waals surface area contributed by atoms with Crippen LogP contribution in [0.25, 0.3) is 86.2 Å². The summed E-state index contributed by atoms with van der Waals surface area (Å²) in [6.07, 6.45) is 0. The van der Waals surface area contributed by atoms with Crippen LogP contribution in [-0.2, 0) is 0 Å². The van der Waals surface area contributed by atoms with Crippen LogP contribution in [0.15, 0.2) is 180 Å². The normalized spacial score (nSPS) is 11.8.